The van der Waals surface area contributed by atoms with Crippen LogP contribution in [0.25, 0.3) is 0 Å². The maximum absolute atomic E-state index is 10.7. The molecular formula is C8H12O2. The van der Waals surface area contributed by atoms with E-state index in [0.717, 1.165) is 19.3 Å². The molecule has 0 saturated heterocycles. The molecule has 0 aromatic heterocycles. The predicted molar refractivity (Wildman–Crippen MR) is 38.6 cm³/mol. The van der Waals surface area contributed by atoms with Crippen LogP contribution in [0.3, 0.4) is 0 Å². The lowest BCUT2D eigenvalue weighted by molar-refractivity contribution is -0.143. The van der Waals surface area contributed by atoms with Crippen molar-refractivity contribution in [2.75, 3.05) is 6.61 Å². The monoisotopic (exact) mass is 140 g/mol. The normalized spacial score (nSPS) is 23.8. The molecule has 0 aliphatic carbocycles. The van der Waals surface area contributed by atoms with Gasteiger partial charge in [0.2, 0.25) is 0 Å². The third-order valence-electron chi connectivity index (χ3n) is 1.46. The number of hydrogen-bond acceptors (Lipinski definition) is 2. The lowest BCUT2D eigenvalue weighted by Gasteiger charge is -1.99. The Morgan fingerprint density at radius 2 is 2.10 bits per heavy atom. The molecule has 0 aromatic rings. The van der Waals surface area contributed by atoms with E-state index in [2.05, 4.69) is 6.08 Å². The summed E-state index contributed by atoms with van der Waals surface area (Å²) < 4.78 is 4.88. The number of rotatable bonds is 0. The Bertz CT molecular complexity index is 138. The van der Waals surface area contributed by atoms with Gasteiger partial charge in [0.05, 0.1) is 6.61 Å². The highest BCUT2D eigenvalue weighted by molar-refractivity contribution is 5.69. The van der Waals surface area contributed by atoms with E-state index < -0.39 is 0 Å². The van der Waals surface area contributed by atoms with E-state index in [1.165, 1.54) is 0 Å². The first kappa shape index (κ1) is 7.32. The van der Waals surface area contributed by atoms with Gasteiger partial charge in [0.15, 0.2) is 0 Å². The van der Waals surface area contributed by atoms with Gasteiger partial charge < -0.3 is 4.74 Å². The highest BCUT2D eigenvalue weighted by Crippen LogP contribution is 2.02. The molecule has 2 nitrogen and oxygen atoms in total. The summed E-state index contributed by atoms with van der Waals surface area (Å²) in [6.45, 7) is 0.586. The van der Waals surface area contributed by atoms with Crippen LogP contribution in [-0.4, -0.2) is 12.6 Å². The maximum Gasteiger partial charge on any atom is 0.306 e. The summed E-state index contributed by atoms with van der Waals surface area (Å²) in [6.07, 6.45) is 7.53. The third kappa shape index (κ3) is 2.67. The summed E-state index contributed by atoms with van der Waals surface area (Å²) in [4.78, 5) is 10.7. The summed E-state index contributed by atoms with van der Waals surface area (Å²) in [5.41, 5.74) is 0. The summed E-state index contributed by atoms with van der Waals surface area (Å²) in [7, 11) is 0. The van der Waals surface area contributed by atoms with Crippen LogP contribution in [0.4, 0.5) is 0 Å². The molecule has 1 heterocycles. The minimum Gasteiger partial charge on any atom is -0.466 e. The van der Waals surface area contributed by atoms with Gasteiger partial charge in [-0.1, -0.05) is 12.2 Å². The Hall–Kier alpha value is -0.790. The largest absolute Gasteiger partial charge is 0.466 e. The average Bonchev–Trinajstić information content (AvgIpc) is 2.02. The Labute approximate surface area is 60.9 Å². The zero-order valence-corrected chi connectivity index (χ0v) is 6.01. The Morgan fingerprint density at radius 1 is 1.30 bits per heavy atom. The molecule has 0 N–H and O–H groups in total. The summed E-state index contributed by atoms with van der Waals surface area (Å²) in [5.74, 6) is -0.0634. The van der Waals surface area contributed by atoms with E-state index >= 15 is 0 Å². The van der Waals surface area contributed by atoms with Crippen LogP contribution >= 0.6 is 0 Å². The van der Waals surface area contributed by atoms with Gasteiger partial charge in [0.25, 0.3) is 0 Å². The highest BCUT2D eigenvalue weighted by Gasteiger charge is 2.01. The van der Waals surface area contributed by atoms with Crippen LogP contribution < -0.4 is 0 Å². The lowest BCUT2D eigenvalue weighted by atomic mass is 10.2. The second kappa shape index (κ2) is 4.09. The second-order valence-corrected chi connectivity index (χ2v) is 2.37. The number of allylic oxidation sites excluding steroid dienone is 2. The number of carbonyl (C=O) groups excluding carboxylic acids is 1. The number of ether oxygens (including phenoxy) is 1. The van der Waals surface area contributed by atoms with Crippen molar-refractivity contribution in [3.63, 3.8) is 0 Å². The summed E-state index contributed by atoms with van der Waals surface area (Å²) in [6, 6.07) is 0. The number of cyclic esters (lactones) is 1. The molecule has 0 radical (unpaired) electrons. The Morgan fingerprint density at radius 3 is 3.00 bits per heavy atom. The standard InChI is InChI=1S/C8H12O2/c9-8-6-4-2-1-3-5-7-10-8/h1-2H,3-7H2/b2-1+. The fourth-order valence-corrected chi connectivity index (χ4v) is 0.896. The molecule has 2 heteroatoms. The quantitative estimate of drug-likeness (QED) is 0.378. The fourth-order valence-electron chi connectivity index (χ4n) is 0.896. The van der Waals surface area contributed by atoms with Gasteiger partial charge in [-0.15, -0.1) is 0 Å². The van der Waals surface area contributed by atoms with Crippen molar-refractivity contribution in [3.05, 3.63) is 12.2 Å². The molecule has 0 saturated carbocycles. The predicted octanol–water partition coefficient (Wildman–Crippen LogP) is 1.66. The van der Waals surface area contributed by atoms with Crippen molar-refractivity contribution in [3.8, 4) is 0 Å². The van der Waals surface area contributed by atoms with Gasteiger partial charge in [-0.25, -0.2) is 0 Å². The van der Waals surface area contributed by atoms with Crippen molar-refractivity contribution >= 4 is 5.97 Å². The maximum atomic E-state index is 10.7. The smallest absolute Gasteiger partial charge is 0.306 e. The second-order valence-electron chi connectivity index (χ2n) is 2.37. The Balaban J connectivity index is 2.32. The summed E-state index contributed by atoms with van der Waals surface area (Å²) >= 11 is 0. The molecule has 0 bridgehead atoms. The number of carbonyl (C=O) groups is 1. The molecule has 1 aliphatic rings. The summed E-state index contributed by atoms with van der Waals surface area (Å²) in [5, 5.41) is 0. The molecule has 0 fully saturated rings. The van der Waals surface area contributed by atoms with E-state index in [4.69, 9.17) is 4.74 Å². The van der Waals surface area contributed by atoms with Crippen LogP contribution in [0.2, 0.25) is 0 Å². The van der Waals surface area contributed by atoms with E-state index in [-0.39, 0.29) is 5.97 Å². The highest BCUT2D eigenvalue weighted by atomic mass is 16.5. The van der Waals surface area contributed by atoms with Crippen LogP contribution in [-0.2, 0) is 9.53 Å². The zero-order valence-electron chi connectivity index (χ0n) is 6.01. The molecule has 1 aliphatic heterocycles. The number of esters is 1. The van der Waals surface area contributed by atoms with Gasteiger partial charge in [-0.3, -0.25) is 4.79 Å². The van der Waals surface area contributed by atoms with Gasteiger partial charge in [0.1, 0.15) is 0 Å². The molecule has 0 aromatic carbocycles. The molecule has 0 atom stereocenters. The van der Waals surface area contributed by atoms with Crippen molar-refractivity contribution in [1.29, 1.82) is 0 Å². The van der Waals surface area contributed by atoms with Gasteiger partial charge >= 0.3 is 5.97 Å². The van der Waals surface area contributed by atoms with Crippen LogP contribution in [0.15, 0.2) is 12.2 Å². The van der Waals surface area contributed by atoms with Gasteiger partial charge in [0, 0.05) is 6.42 Å². The van der Waals surface area contributed by atoms with E-state index in [0.29, 0.717) is 13.0 Å². The van der Waals surface area contributed by atoms with Gasteiger partial charge in [-0.2, -0.15) is 0 Å². The minimum absolute atomic E-state index is 0.0634. The van der Waals surface area contributed by atoms with E-state index in [1.807, 2.05) is 6.08 Å². The topological polar surface area (TPSA) is 26.3 Å². The SMILES string of the molecule is O=C1CC/C=C/CCCO1. The first-order valence-electron chi connectivity index (χ1n) is 3.70. The van der Waals surface area contributed by atoms with Gasteiger partial charge in [-0.05, 0) is 19.3 Å². The molecule has 56 valence electrons. The lowest BCUT2D eigenvalue weighted by Crippen LogP contribution is -2.03. The zero-order chi connectivity index (χ0) is 7.23. The molecule has 0 spiro atoms. The van der Waals surface area contributed by atoms with E-state index in [1.54, 1.807) is 0 Å². The minimum atomic E-state index is -0.0634. The van der Waals surface area contributed by atoms with Crippen LogP contribution in [0.5, 0.6) is 0 Å². The first-order chi connectivity index (χ1) is 4.89. The molecule has 10 heavy (non-hydrogen) atoms. The van der Waals surface area contributed by atoms with E-state index in [9.17, 15) is 4.79 Å². The average molecular weight is 140 g/mol. The van der Waals surface area contributed by atoms with Crippen molar-refractivity contribution in [2.45, 2.75) is 25.7 Å². The molecule has 0 amide bonds. The van der Waals surface area contributed by atoms with Crippen molar-refractivity contribution in [2.24, 2.45) is 0 Å². The van der Waals surface area contributed by atoms with Crippen molar-refractivity contribution < 1.29 is 9.53 Å². The molecular weight excluding hydrogens is 128 g/mol. The number of hydrogen-bond donors (Lipinski definition) is 0. The first-order valence-corrected chi connectivity index (χ1v) is 3.70. The van der Waals surface area contributed by atoms with Crippen LogP contribution in [0, 0.1) is 0 Å². The molecule has 0 unspecified atom stereocenters. The Kier molecular flexibility index (Phi) is 3.00. The molecule has 1 rings (SSSR count). The van der Waals surface area contributed by atoms with Crippen LogP contribution in [0.1, 0.15) is 25.7 Å². The third-order valence-corrected chi connectivity index (χ3v) is 1.46. The fraction of sp³-hybridized carbons (Fsp3) is 0.625. The van der Waals surface area contributed by atoms with Crippen molar-refractivity contribution in [1.82, 2.24) is 0 Å².